The smallest absolute Gasteiger partial charge is 0.227 e. The van der Waals surface area contributed by atoms with Crippen molar-refractivity contribution in [1.82, 2.24) is 4.90 Å². The van der Waals surface area contributed by atoms with Crippen LogP contribution in [0.1, 0.15) is 42.9 Å². The number of rotatable bonds is 6. The number of carbonyl (C=O) groups excluding carboxylic acids is 2. The number of carbonyl (C=O) groups is 2. The molecule has 2 aromatic rings. The number of hydrogen-bond donors (Lipinski definition) is 0. The molecule has 0 aliphatic carbocycles. The van der Waals surface area contributed by atoms with Gasteiger partial charge in [-0.2, -0.15) is 0 Å². The van der Waals surface area contributed by atoms with E-state index in [1.165, 1.54) is 5.56 Å². The topological polar surface area (TPSA) is 40.6 Å². The SMILES string of the molecule is CCC(=O)N(Cc1ccc(C)cc1)c1ccc(CC(=O)N2CCCC2)cc1. The molecule has 1 saturated heterocycles. The van der Waals surface area contributed by atoms with Crippen molar-refractivity contribution < 1.29 is 9.59 Å². The summed E-state index contributed by atoms with van der Waals surface area (Å²) in [7, 11) is 0. The lowest BCUT2D eigenvalue weighted by atomic mass is 10.1. The number of amides is 2. The summed E-state index contributed by atoms with van der Waals surface area (Å²) in [6.45, 7) is 6.26. The fourth-order valence-electron chi connectivity index (χ4n) is 3.44. The van der Waals surface area contributed by atoms with Crippen LogP contribution in [0.2, 0.25) is 0 Å². The summed E-state index contributed by atoms with van der Waals surface area (Å²) in [4.78, 5) is 28.6. The molecule has 1 heterocycles. The predicted octanol–water partition coefficient (Wildman–Crippen LogP) is 4.10. The van der Waals surface area contributed by atoms with Crippen molar-refractivity contribution in [2.24, 2.45) is 0 Å². The lowest BCUT2D eigenvalue weighted by Crippen LogP contribution is -2.30. The van der Waals surface area contributed by atoms with Gasteiger partial charge in [0.25, 0.3) is 0 Å². The zero-order chi connectivity index (χ0) is 19.2. The van der Waals surface area contributed by atoms with E-state index in [1.54, 1.807) is 0 Å². The zero-order valence-electron chi connectivity index (χ0n) is 16.3. The molecule has 0 saturated carbocycles. The summed E-state index contributed by atoms with van der Waals surface area (Å²) in [6, 6.07) is 16.1. The van der Waals surface area contributed by atoms with E-state index >= 15 is 0 Å². The molecule has 0 aromatic heterocycles. The van der Waals surface area contributed by atoms with Crippen LogP contribution in [0.15, 0.2) is 48.5 Å². The first kappa shape index (κ1) is 19.2. The largest absolute Gasteiger partial charge is 0.342 e. The van der Waals surface area contributed by atoms with Crippen LogP contribution < -0.4 is 4.90 Å². The van der Waals surface area contributed by atoms with Crippen molar-refractivity contribution in [3.05, 3.63) is 65.2 Å². The van der Waals surface area contributed by atoms with Gasteiger partial charge in [-0.1, -0.05) is 48.9 Å². The van der Waals surface area contributed by atoms with E-state index < -0.39 is 0 Å². The fourth-order valence-corrected chi connectivity index (χ4v) is 3.44. The van der Waals surface area contributed by atoms with Crippen LogP contribution in [0.3, 0.4) is 0 Å². The van der Waals surface area contributed by atoms with E-state index in [0.717, 1.165) is 42.7 Å². The molecule has 0 bridgehead atoms. The second kappa shape index (κ2) is 8.85. The Hall–Kier alpha value is -2.62. The molecule has 142 valence electrons. The average molecular weight is 364 g/mol. The van der Waals surface area contributed by atoms with E-state index in [-0.39, 0.29) is 11.8 Å². The van der Waals surface area contributed by atoms with Crippen LogP contribution in [0.25, 0.3) is 0 Å². The van der Waals surface area contributed by atoms with Gasteiger partial charge in [0.1, 0.15) is 0 Å². The number of hydrogen-bond acceptors (Lipinski definition) is 2. The Morgan fingerprint density at radius 1 is 0.926 bits per heavy atom. The molecule has 4 nitrogen and oxygen atoms in total. The Morgan fingerprint density at radius 2 is 1.52 bits per heavy atom. The highest BCUT2D eigenvalue weighted by Crippen LogP contribution is 2.21. The second-order valence-electron chi connectivity index (χ2n) is 7.25. The summed E-state index contributed by atoms with van der Waals surface area (Å²) in [5, 5.41) is 0. The monoisotopic (exact) mass is 364 g/mol. The standard InChI is InChI=1S/C23H28N2O2/c1-3-22(26)25(17-20-8-6-18(2)7-9-20)21-12-10-19(11-13-21)16-23(27)24-14-4-5-15-24/h6-13H,3-5,14-17H2,1-2H3. The Balaban J connectivity index is 1.71. The van der Waals surface area contributed by atoms with Crippen LogP contribution in [0.4, 0.5) is 5.69 Å². The summed E-state index contributed by atoms with van der Waals surface area (Å²) in [6.07, 6.45) is 3.11. The summed E-state index contributed by atoms with van der Waals surface area (Å²) < 4.78 is 0. The summed E-state index contributed by atoms with van der Waals surface area (Å²) >= 11 is 0. The second-order valence-corrected chi connectivity index (χ2v) is 7.25. The van der Waals surface area contributed by atoms with Crippen LogP contribution in [0.5, 0.6) is 0 Å². The van der Waals surface area contributed by atoms with Gasteiger partial charge in [-0.25, -0.2) is 0 Å². The number of nitrogens with zero attached hydrogens (tertiary/aromatic N) is 2. The maximum Gasteiger partial charge on any atom is 0.227 e. The van der Waals surface area contributed by atoms with Crippen molar-refractivity contribution in [3.8, 4) is 0 Å². The molecule has 0 radical (unpaired) electrons. The van der Waals surface area contributed by atoms with Gasteiger partial charge >= 0.3 is 0 Å². The molecule has 3 rings (SSSR count). The first-order valence-corrected chi connectivity index (χ1v) is 9.79. The molecule has 0 atom stereocenters. The Morgan fingerprint density at radius 3 is 2.11 bits per heavy atom. The van der Waals surface area contributed by atoms with Gasteiger partial charge in [0, 0.05) is 25.2 Å². The summed E-state index contributed by atoms with van der Waals surface area (Å²) in [5.74, 6) is 0.290. The molecule has 2 aromatic carbocycles. The number of likely N-dealkylation sites (tertiary alicyclic amines) is 1. The van der Waals surface area contributed by atoms with Gasteiger partial charge in [-0.05, 0) is 43.0 Å². The molecule has 0 unspecified atom stereocenters. The number of benzene rings is 2. The molecule has 1 fully saturated rings. The molecule has 1 aliphatic heterocycles. The van der Waals surface area contributed by atoms with Crippen LogP contribution in [-0.4, -0.2) is 29.8 Å². The van der Waals surface area contributed by atoms with Crippen molar-refractivity contribution in [2.75, 3.05) is 18.0 Å². The van der Waals surface area contributed by atoms with Gasteiger partial charge in [0.2, 0.25) is 11.8 Å². The molecule has 27 heavy (non-hydrogen) atoms. The molecule has 0 N–H and O–H groups in total. The first-order valence-electron chi connectivity index (χ1n) is 9.79. The Kier molecular flexibility index (Phi) is 6.28. The Labute approximate surface area is 161 Å². The van der Waals surface area contributed by atoms with Gasteiger partial charge < -0.3 is 9.80 Å². The summed E-state index contributed by atoms with van der Waals surface area (Å²) in [5.41, 5.74) is 4.18. The number of aryl methyl sites for hydroxylation is 1. The minimum Gasteiger partial charge on any atom is -0.342 e. The molecular weight excluding hydrogens is 336 g/mol. The molecule has 2 amide bonds. The van der Waals surface area contributed by atoms with Gasteiger partial charge in [0.05, 0.1) is 13.0 Å². The van der Waals surface area contributed by atoms with Crippen molar-refractivity contribution >= 4 is 17.5 Å². The van der Waals surface area contributed by atoms with Crippen molar-refractivity contribution in [1.29, 1.82) is 0 Å². The van der Waals surface area contributed by atoms with Crippen molar-refractivity contribution in [2.45, 2.75) is 46.1 Å². The van der Waals surface area contributed by atoms with E-state index in [0.29, 0.717) is 19.4 Å². The van der Waals surface area contributed by atoms with Gasteiger partial charge in [0.15, 0.2) is 0 Å². The van der Waals surface area contributed by atoms with Crippen LogP contribution >= 0.6 is 0 Å². The van der Waals surface area contributed by atoms with Gasteiger partial charge in [-0.15, -0.1) is 0 Å². The van der Waals surface area contributed by atoms with Crippen molar-refractivity contribution in [3.63, 3.8) is 0 Å². The normalized spacial score (nSPS) is 13.6. The van der Waals surface area contributed by atoms with Gasteiger partial charge in [-0.3, -0.25) is 9.59 Å². The quantitative estimate of drug-likeness (QED) is 0.774. The third-order valence-electron chi connectivity index (χ3n) is 5.13. The van der Waals surface area contributed by atoms with E-state index in [2.05, 4.69) is 31.2 Å². The first-order chi connectivity index (χ1) is 13.1. The fraction of sp³-hybridized carbons (Fsp3) is 0.391. The van der Waals surface area contributed by atoms with Crippen LogP contribution in [-0.2, 0) is 22.6 Å². The lowest BCUT2D eigenvalue weighted by Gasteiger charge is -2.23. The molecule has 0 spiro atoms. The highest BCUT2D eigenvalue weighted by Gasteiger charge is 2.19. The number of anilines is 1. The Bertz CT molecular complexity index is 775. The van der Waals surface area contributed by atoms with Crippen LogP contribution in [0, 0.1) is 6.92 Å². The molecular formula is C23H28N2O2. The average Bonchev–Trinajstić information content (AvgIpc) is 3.23. The zero-order valence-corrected chi connectivity index (χ0v) is 16.3. The predicted molar refractivity (Wildman–Crippen MR) is 109 cm³/mol. The van der Waals surface area contributed by atoms with E-state index in [4.69, 9.17) is 0 Å². The maximum absolute atomic E-state index is 12.5. The molecule has 1 aliphatic rings. The van der Waals surface area contributed by atoms with E-state index in [1.807, 2.05) is 41.0 Å². The minimum absolute atomic E-state index is 0.0940. The highest BCUT2D eigenvalue weighted by molar-refractivity contribution is 5.93. The maximum atomic E-state index is 12.5. The third kappa shape index (κ3) is 4.97. The van der Waals surface area contributed by atoms with E-state index in [9.17, 15) is 9.59 Å². The lowest BCUT2D eigenvalue weighted by molar-refractivity contribution is -0.129. The highest BCUT2D eigenvalue weighted by atomic mass is 16.2. The molecule has 4 heteroatoms. The third-order valence-corrected chi connectivity index (χ3v) is 5.13. The minimum atomic E-state index is 0.0940.